The van der Waals surface area contributed by atoms with Crippen LogP contribution in [0.2, 0.25) is 0 Å². The number of allylic oxidation sites excluding steroid dienone is 4. The fourth-order valence-corrected chi connectivity index (χ4v) is 4.45. The number of fused-ring (bicyclic) bond motifs is 1. The average molecular weight is 338 g/mol. The number of nitrogens with one attached hydrogen (secondary N) is 1. The lowest BCUT2D eigenvalue weighted by molar-refractivity contribution is -0.117. The van der Waals surface area contributed by atoms with E-state index in [1.807, 2.05) is 0 Å². The Morgan fingerprint density at radius 3 is 1.84 bits per heavy atom. The molecule has 1 fully saturated rings. The van der Waals surface area contributed by atoms with Crippen LogP contribution >= 0.6 is 0 Å². The summed E-state index contributed by atoms with van der Waals surface area (Å²) in [5, 5.41) is 3.25. The van der Waals surface area contributed by atoms with E-state index in [9.17, 15) is 4.79 Å². The molecule has 2 nitrogen and oxygen atoms in total. The molecule has 3 rings (SSSR count). The summed E-state index contributed by atoms with van der Waals surface area (Å²) >= 11 is 0. The number of carbonyl (C=O) groups is 1. The second kappa shape index (κ2) is 8.03. The Balaban J connectivity index is 1.68. The first-order valence-corrected chi connectivity index (χ1v) is 9.76. The van der Waals surface area contributed by atoms with E-state index in [0.29, 0.717) is 11.8 Å². The van der Waals surface area contributed by atoms with Crippen molar-refractivity contribution in [2.24, 2.45) is 17.8 Å². The molecule has 1 unspecified atom stereocenters. The monoisotopic (exact) mass is 337 g/mol. The Labute approximate surface area is 152 Å². The van der Waals surface area contributed by atoms with Gasteiger partial charge in [0.05, 0.1) is 0 Å². The number of carbonyl (C=O) groups excluding carboxylic acids is 1. The molecule has 0 bridgehead atoms. The number of anilines is 1. The summed E-state index contributed by atoms with van der Waals surface area (Å²) in [5.74, 6) is 1.54. The summed E-state index contributed by atoms with van der Waals surface area (Å²) in [5.41, 5.74) is 4.59. The minimum Gasteiger partial charge on any atom is -0.325 e. The van der Waals surface area contributed by atoms with Crippen LogP contribution in [0.3, 0.4) is 0 Å². The van der Waals surface area contributed by atoms with Gasteiger partial charge in [0.15, 0.2) is 0 Å². The topological polar surface area (TPSA) is 29.1 Å². The van der Waals surface area contributed by atoms with Gasteiger partial charge in [-0.05, 0) is 82.3 Å². The van der Waals surface area contributed by atoms with Crippen LogP contribution in [0, 0.1) is 38.5 Å². The molecule has 0 radical (unpaired) electrons. The lowest BCUT2D eigenvalue weighted by Crippen LogP contribution is -2.17. The van der Waals surface area contributed by atoms with Crippen LogP contribution in [0.4, 0.5) is 5.69 Å². The van der Waals surface area contributed by atoms with Crippen molar-refractivity contribution in [1.82, 2.24) is 0 Å². The van der Waals surface area contributed by atoms with E-state index in [1.54, 1.807) is 0 Å². The standard InChI is InChI=1S/C23H31NO/c1-16-14-17(2)22(18(3)15-16)24-23(25)21-19-12-10-8-6-4-5-7-9-11-13-20(19)21/h6-9,14-15,19-21H,4-5,10-13H2,1-3H3,(H,24,25)/b8-6-,9-7+/t19-,20-,21?/m0/s1. The van der Waals surface area contributed by atoms with Crippen molar-refractivity contribution < 1.29 is 4.79 Å². The minimum atomic E-state index is 0.197. The molecule has 0 aliphatic heterocycles. The molecule has 0 spiro atoms. The number of hydrogen-bond acceptors (Lipinski definition) is 1. The summed E-state index contributed by atoms with van der Waals surface area (Å²) in [6, 6.07) is 4.30. The van der Waals surface area contributed by atoms with Gasteiger partial charge in [0.1, 0.15) is 0 Å². The molecule has 1 aromatic carbocycles. The average Bonchev–Trinajstić information content (AvgIpc) is 3.23. The van der Waals surface area contributed by atoms with Gasteiger partial charge < -0.3 is 5.32 Å². The number of benzene rings is 1. The Hall–Kier alpha value is -1.83. The Kier molecular flexibility index (Phi) is 5.78. The molecular formula is C23H31NO. The van der Waals surface area contributed by atoms with Crippen LogP contribution in [0.15, 0.2) is 36.4 Å². The fourth-order valence-electron chi connectivity index (χ4n) is 4.45. The maximum Gasteiger partial charge on any atom is 0.228 e. The van der Waals surface area contributed by atoms with Gasteiger partial charge in [-0.25, -0.2) is 0 Å². The Bertz CT molecular complexity index is 638. The maximum absolute atomic E-state index is 12.9. The lowest BCUT2D eigenvalue weighted by atomic mass is 10.0. The van der Waals surface area contributed by atoms with Crippen molar-refractivity contribution in [3.8, 4) is 0 Å². The van der Waals surface area contributed by atoms with Crippen molar-refractivity contribution in [2.75, 3.05) is 5.32 Å². The SMILES string of the molecule is Cc1cc(C)c(NC(=O)C2[C@H]3CC/C=C\CC/C=C/CC[C@H]23)c(C)c1. The normalized spacial score (nSPS) is 28.8. The third-order valence-corrected chi connectivity index (χ3v) is 5.73. The van der Waals surface area contributed by atoms with Crippen molar-refractivity contribution in [3.63, 3.8) is 0 Å². The molecule has 2 aliphatic carbocycles. The molecule has 0 heterocycles. The highest BCUT2D eigenvalue weighted by Crippen LogP contribution is 2.52. The Morgan fingerprint density at radius 2 is 1.32 bits per heavy atom. The van der Waals surface area contributed by atoms with Crippen molar-refractivity contribution in [1.29, 1.82) is 0 Å². The van der Waals surface area contributed by atoms with Crippen LogP contribution in [-0.4, -0.2) is 5.91 Å². The van der Waals surface area contributed by atoms with Crippen molar-refractivity contribution in [3.05, 3.63) is 53.1 Å². The van der Waals surface area contributed by atoms with Crippen LogP contribution in [0.5, 0.6) is 0 Å². The number of amides is 1. The van der Waals surface area contributed by atoms with E-state index >= 15 is 0 Å². The highest BCUT2D eigenvalue weighted by atomic mass is 16.2. The molecule has 2 aliphatic rings. The third kappa shape index (κ3) is 4.42. The largest absolute Gasteiger partial charge is 0.325 e. The van der Waals surface area contributed by atoms with Crippen LogP contribution < -0.4 is 5.32 Å². The predicted molar refractivity (Wildman–Crippen MR) is 106 cm³/mol. The van der Waals surface area contributed by atoms with E-state index < -0.39 is 0 Å². The molecule has 0 saturated heterocycles. The zero-order valence-corrected chi connectivity index (χ0v) is 15.8. The molecule has 134 valence electrons. The van der Waals surface area contributed by atoms with Gasteiger partial charge in [-0.3, -0.25) is 4.79 Å². The molecule has 1 N–H and O–H groups in total. The molecule has 0 aromatic heterocycles. The fraction of sp³-hybridized carbons (Fsp3) is 0.522. The molecule has 2 heteroatoms. The van der Waals surface area contributed by atoms with Gasteiger partial charge in [-0.2, -0.15) is 0 Å². The first-order chi connectivity index (χ1) is 12.1. The van der Waals surface area contributed by atoms with Gasteiger partial charge in [-0.1, -0.05) is 42.0 Å². The lowest BCUT2D eigenvalue weighted by Gasteiger charge is -2.13. The maximum atomic E-state index is 12.9. The van der Waals surface area contributed by atoms with E-state index in [-0.39, 0.29) is 11.8 Å². The van der Waals surface area contributed by atoms with Gasteiger partial charge in [0.25, 0.3) is 0 Å². The van der Waals surface area contributed by atoms with Crippen LogP contribution in [-0.2, 0) is 4.79 Å². The summed E-state index contributed by atoms with van der Waals surface area (Å²) in [7, 11) is 0. The first-order valence-electron chi connectivity index (χ1n) is 9.76. The third-order valence-electron chi connectivity index (χ3n) is 5.73. The quantitative estimate of drug-likeness (QED) is 0.671. The highest BCUT2D eigenvalue weighted by Gasteiger charge is 2.52. The first kappa shape index (κ1) is 18.0. The highest BCUT2D eigenvalue weighted by molar-refractivity contribution is 5.96. The zero-order chi connectivity index (χ0) is 17.8. The molecule has 3 atom stereocenters. The number of hydrogen-bond donors (Lipinski definition) is 1. The van der Waals surface area contributed by atoms with E-state index in [4.69, 9.17) is 0 Å². The van der Waals surface area contributed by atoms with E-state index in [1.165, 1.54) is 5.56 Å². The van der Waals surface area contributed by atoms with Gasteiger partial charge in [0.2, 0.25) is 5.91 Å². The number of aryl methyl sites for hydroxylation is 3. The summed E-state index contributed by atoms with van der Waals surface area (Å²) in [6.07, 6.45) is 16.0. The molecule has 1 saturated carbocycles. The van der Waals surface area contributed by atoms with Crippen LogP contribution in [0.25, 0.3) is 0 Å². The van der Waals surface area contributed by atoms with Crippen molar-refractivity contribution in [2.45, 2.75) is 59.3 Å². The summed E-state index contributed by atoms with van der Waals surface area (Å²) in [6.45, 7) is 6.28. The second-order valence-electron chi connectivity index (χ2n) is 7.79. The predicted octanol–water partition coefficient (Wildman–Crippen LogP) is 5.88. The summed E-state index contributed by atoms with van der Waals surface area (Å²) < 4.78 is 0. The molecule has 25 heavy (non-hydrogen) atoms. The van der Waals surface area contributed by atoms with Gasteiger partial charge in [0, 0.05) is 11.6 Å². The Morgan fingerprint density at radius 1 is 0.840 bits per heavy atom. The molecule has 1 aromatic rings. The van der Waals surface area contributed by atoms with E-state index in [0.717, 1.165) is 55.3 Å². The smallest absolute Gasteiger partial charge is 0.228 e. The van der Waals surface area contributed by atoms with E-state index in [2.05, 4.69) is 62.5 Å². The summed E-state index contributed by atoms with van der Waals surface area (Å²) in [4.78, 5) is 12.9. The molecular weight excluding hydrogens is 306 g/mol. The van der Waals surface area contributed by atoms with Crippen LogP contribution in [0.1, 0.15) is 55.2 Å². The minimum absolute atomic E-state index is 0.197. The number of rotatable bonds is 2. The van der Waals surface area contributed by atoms with Crippen molar-refractivity contribution >= 4 is 11.6 Å². The second-order valence-corrected chi connectivity index (χ2v) is 7.79. The van der Waals surface area contributed by atoms with Gasteiger partial charge in [-0.15, -0.1) is 0 Å². The zero-order valence-electron chi connectivity index (χ0n) is 15.8. The van der Waals surface area contributed by atoms with Gasteiger partial charge >= 0.3 is 0 Å². The molecule has 1 amide bonds.